The molecular formula is C5H12NNaO4S3. The van der Waals surface area contributed by atoms with Crippen molar-refractivity contribution in [3.8, 4) is 0 Å². The van der Waals surface area contributed by atoms with E-state index in [1.165, 1.54) is 0 Å². The largest absolute Gasteiger partial charge is 1.00 e. The molecule has 0 radical (unpaired) electrons. The third-order valence-electron chi connectivity index (χ3n) is 1.02. The predicted octanol–water partition coefficient (Wildman–Crippen LogP) is -2.49. The van der Waals surface area contributed by atoms with E-state index in [1.54, 1.807) is 0 Å². The molecule has 0 bridgehead atoms. The summed E-state index contributed by atoms with van der Waals surface area (Å²) in [5.74, 6) is 0. The van der Waals surface area contributed by atoms with Gasteiger partial charge in [0.25, 0.3) is 0 Å². The molecule has 80 valence electrons. The third-order valence-corrected chi connectivity index (χ3v) is 1.54. The minimum atomic E-state index is -4.67. The van der Waals surface area contributed by atoms with E-state index in [1.807, 2.05) is 18.7 Å². The summed E-state index contributed by atoms with van der Waals surface area (Å²) in [5, 5.41) is 0. The number of nitrogens with zero attached hydrogens (tertiary/aromatic N) is 1. The van der Waals surface area contributed by atoms with Crippen LogP contribution in [0.15, 0.2) is 0 Å². The van der Waals surface area contributed by atoms with Gasteiger partial charge in [0.1, 0.15) is 0 Å². The summed E-state index contributed by atoms with van der Waals surface area (Å²) in [6.07, 6.45) is 0. The average Bonchev–Trinajstić information content (AvgIpc) is 1.85. The Morgan fingerprint density at radius 2 is 1.57 bits per heavy atom. The molecule has 0 fully saturated rings. The Hall–Kier alpha value is 0.980. The topological polar surface area (TPSA) is 77.8 Å². The van der Waals surface area contributed by atoms with Gasteiger partial charge in [0, 0.05) is 13.1 Å². The zero-order valence-corrected chi connectivity index (χ0v) is 12.7. The molecule has 0 spiro atoms. The Morgan fingerprint density at radius 1 is 1.36 bits per heavy atom. The molecule has 0 heterocycles. The molecule has 2 N–H and O–H groups in total. The van der Waals surface area contributed by atoms with Crippen LogP contribution in [0, 0.1) is 0 Å². The first-order chi connectivity index (χ1) is 5.72. The minimum Gasteiger partial charge on any atom is -0.411 e. The molecular weight excluding hydrogens is 257 g/mol. The molecule has 0 unspecified atom stereocenters. The Kier molecular flexibility index (Phi) is 15.3. The van der Waals surface area contributed by atoms with Crippen LogP contribution in [0.2, 0.25) is 0 Å². The molecule has 0 saturated heterocycles. The van der Waals surface area contributed by atoms with Crippen molar-refractivity contribution in [2.24, 2.45) is 0 Å². The third kappa shape index (κ3) is 23.1. The van der Waals surface area contributed by atoms with E-state index in [0.717, 1.165) is 13.1 Å². The predicted molar refractivity (Wildman–Crippen MR) is 57.1 cm³/mol. The van der Waals surface area contributed by atoms with Crippen LogP contribution in [0.3, 0.4) is 0 Å². The second kappa shape index (κ2) is 10.5. The molecule has 5 nitrogen and oxygen atoms in total. The van der Waals surface area contributed by atoms with Crippen molar-refractivity contribution in [1.82, 2.24) is 4.90 Å². The molecule has 0 aromatic carbocycles. The molecule has 0 aliphatic rings. The van der Waals surface area contributed by atoms with Crippen molar-refractivity contribution >= 4 is 39.6 Å². The van der Waals surface area contributed by atoms with Crippen LogP contribution in [-0.2, 0) is 23.0 Å². The summed E-state index contributed by atoms with van der Waals surface area (Å²) in [4.78, 5) is 1.96. The molecule has 0 amide bonds. The van der Waals surface area contributed by atoms with Crippen molar-refractivity contribution in [2.45, 2.75) is 13.8 Å². The van der Waals surface area contributed by atoms with Crippen LogP contribution in [0.1, 0.15) is 13.8 Å². The first-order valence-electron chi connectivity index (χ1n) is 3.38. The summed E-state index contributed by atoms with van der Waals surface area (Å²) in [7, 11) is -4.67. The monoisotopic (exact) mass is 269 g/mol. The number of rotatable bonds is 2. The molecule has 0 rings (SSSR count). The Labute approximate surface area is 118 Å². The van der Waals surface area contributed by atoms with Gasteiger partial charge in [-0.2, -0.15) is 8.42 Å². The van der Waals surface area contributed by atoms with Gasteiger partial charge in [-0.05, 0) is 13.8 Å². The van der Waals surface area contributed by atoms with Gasteiger partial charge in [-0.1, -0.05) is 4.32 Å². The SMILES string of the molecule is CCN(CC)C(=S)[S-].O=S(=O)(O)O.[Na+]. The summed E-state index contributed by atoms with van der Waals surface area (Å²) in [6.45, 7) is 5.95. The van der Waals surface area contributed by atoms with Gasteiger partial charge in [-0.3, -0.25) is 9.11 Å². The summed E-state index contributed by atoms with van der Waals surface area (Å²) in [6, 6.07) is 0. The van der Waals surface area contributed by atoms with Crippen LogP contribution < -0.4 is 29.6 Å². The summed E-state index contributed by atoms with van der Waals surface area (Å²) >= 11 is 9.51. The van der Waals surface area contributed by atoms with Gasteiger partial charge in [-0.15, -0.1) is 0 Å². The molecule has 0 atom stereocenters. The molecule has 14 heavy (non-hydrogen) atoms. The van der Waals surface area contributed by atoms with E-state index in [-0.39, 0.29) is 29.6 Å². The van der Waals surface area contributed by atoms with Crippen LogP contribution in [0.5, 0.6) is 0 Å². The fraction of sp³-hybridized carbons (Fsp3) is 0.800. The van der Waals surface area contributed by atoms with Gasteiger partial charge in [0.05, 0.1) is 0 Å². The van der Waals surface area contributed by atoms with E-state index in [2.05, 4.69) is 0 Å². The fourth-order valence-corrected chi connectivity index (χ4v) is 0.998. The maximum absolute atomic E-state index is 8.74. The quantitative estimate of drug-likeness (QED) is 0.248. The van der Waals surface area contributed by atoms with Gasteiger partial charge in [-0.25, -0.2) is 0 Å². The Morgan fingerprint density at radius 3 is 1.57 bits per heavy atom. The van der Waals surface area contributed by atoms with Gasteiger partial charge in [0.15, 0.2) is 0 Å². The zero-order chi connectivity index (χ0) is 11.1. The van der Waals surface area contributed by atoms with Crippen LogP contribution in [-0.4, -0.2) is 39.8 Å². The first kappa shape index (κ1) is 20.4. The Bertz CT molecular complexity index is 231. The fourth-order valence-electron chi connectivity index (χ4n) is 0.482. The average molecular weight is 269 g/mol. The molecule has 9 heteroatoms. The van der Waals surface area contributed by atoms with Crippen molar-refractivity contribution in [3.05, 3.63) is 0 Å². The van der Waals surface area contributed by atoms with Crippen LogP contribution >= 0.6 is 12.2 Å². The summed E-state index contributed by atoms with van der Waals surface area (Å²) in [5.41, 5.74) is 0. The van der Waals surface area contributed by atoms with Crippen molar-refractivity contribution in [2.75, 3.05) is 13.1 Å². The molecule has 0 aliphatic carbocycles. The van der Waals surface area contributed by atoms with E-state index in [9.17, 15) is 0 Å². The Balaban J connectivity index is -0.000000177. The van der Waals surface area contributed by atoms with Crippen molar-refractivity contribution < 1.29 is 47.1 Å². The van der Waals surface area contributed by atoms with E-state index in [0.29, 0.717) is 4.32 Å². The molecule has 0 aliphatic heterocycles. The molecule has 0 aromatic heterocycles. The van der Waals surface area contributed by atoms with Gasteiger partial charge < -0.3 is 29.7 Å². The normalized spacial score (nSPS) is 9.14. The van der Waals surface area contributed by atoms with E-state index < -0.39 is 10.4 Å². The standard InChI is InChI=1S/C5H11NS2.Na.H2O4S/c1-3-6(4-2)5(7)8;;1-5(2,3)4/h3-4H2,1-2H3,(H,7,8);;(H2,1,2,3,4)/q;+1;/p-1. The smallest absolute Gasteiger partial charge is 0.411 e. The summed E-state index contributed by atoms with van der Waals surface area (Å²) < 4.78 is 32.2. The van der Waals surface area contributed by atoms with E-state index in [4.69, 9.17) is 42.4 Å². The number of hydrogen-bond donors (Lipinski definition) is 2. The molecule has 0 aromatic rings. The maximum Gasteiger partial charge on any atom is 1.00 e. The second-order valence-corrected chi connectivity index (χ2v) is 3.81. The first-order valence-corrected chi connectivity index (χ1v) is 5.59. The van der Waals surface area contributed by atoms with Crippen LogP contribution in [0.25, 0.3) is 0 Å². The minimum absolute atomic E-state index is 0. The van der Waals surface area contributed by atoms with Crippen molar-refractivity contribution in [3.63, 3.8) is 0 Å². The molecule has 0 saturated carbocycles. The maximum atomic E-state index is 8.74. The van der Waals surface area contributed by atoms with Crippen LogP contribution in [0.4, 0.5) is 0 Å². The number of thiocarbonyl (C=S) groups is 1. The number of hydrogen-bond acceptors (Lipinski definition) is 4. The van der Waals surface area contributed by atoms with Crippen molar-refractivity contribution in [1.29, 1.82) is 0 Å². The van der Waals surface area contributed by atoms with E-state index >= 15 is 0 Å². The van der Waals surface area contributed by atoms with Gasteiger partial charge >= 0.3 is 40.0 Å². The van der Waals surface area contributed by atoms with Gasteiger partial charge in [0.2, 0.25) is 0 Å². The second-order valence-electron chi connectivity index (χ2n) is 1.89. The zero-order valence-electron chi connectivity index (χ0n) is 8.30.